The molecular formula is C18H22N4O2S2. The number of hydrogen-bond acceptors (Lipinski definition) is 7. The SMILES string of the molecule is CCOC(=O)CSc1nnc2c3c4c(sc3nc(C(C)C)n12)CCCC4. The first-order valence-corrected chi connectivity index (χ1v) is 10.9. The van der Waals surface area contributed by atoms with Gasteiger partial charge >= 0.3 is 5.97 Å². The van der Waals surface area contributed by atoms with Crippen LogP contribution in [-0.4, -0.2) is 37.9 Å². The lowest BCUT2D eigenvalue weighted by atomic mass is 9.97. The minimum absolute atomic E-state index is 0.228. The van der Waals surface area contributed by atoms with Crippen LogP contribution >= 0.6 is 23.1 Å². The second kappa shape index (κ2) is 7.15. The molecule has 0 spiro atoms. The van der Waals surface area contributed by atoms with Gasteiger partial charge in [0.2, 0.25) is 0 Å². The molecule has 0 unspecified atom stereocenters. The molecule has 3 heterocycles. The van der Waals surface area contributed by atoms with Gasteiger partial charge in [-0.3, -0.25) is 9.20 Å². The van der Waals surface area contributed by atoms with Crippen molar-refractivity contribution in [3.8, 4) is 0 Å². The van der Waals surface area contributed by atoms with Gasteiger partial charge in [0.25, 0.3) is 0 Å². The molecule has 0 aliphatic heterocycles. The van der Waals surface area contributed by atoms with Crippen molar-refractivity contribution in [2.24, 2.45) is 0 Å². The van der Waals surface area contributed by atoms with E-state index in [1.165, 1.54) is 35.0 Å². The molecule has 0 amide bonds. The number of fused-ring (bicyclic) bond motifs is 5. The lowest BCUT2D eigenvalue weighted by Crippen LogP contribution is -2.09. The highest BCUT2D eigenvalue weighted by Crippen LogP contribution is 2.39. The van der Waals surface area contributed by atoms with E-state index in [-0.39, 0.29) is 17.6 Å². The Morgan fingerprint density at radius 2 is 2.12 bits per heavy atom. The van der Waals surface area contributed by atoms with Gasteiger partial charge in [0.1, 0.15) is 10.7 Å². The number of rotatable bonds is 5. The largest absolute Gasteiger partial charge is 0.465 e. The van der Waals surface area contributed by atoms with Crippen LogP contribution in [0.2, 0.25) is 0 Å². The Kier molecular flexibility index (Phi) is 4.88. The molecule has 1 aliphatic carbocycles. The van der Waals surface area contributed by atoms with E-state index in [2.05, 4.69) is 24.0 Å². The molecule has 1 aliphatic rings. The van der Waals surface area contributed by atoms with E-state index < -0.39 is 0 Å². The second-order valence-corrected chi connectivity index (χ2v) is 8.78. The van der Waals surface area contributed by atoms with E-state index in [1.807, 2.05) is 22.7 Å². The third-order valence-electron chi connectivity index (χ3n) is 4.60. The molecule has 0 atom stereocenters. The van der Waals surface area contributed by atoms with Crippen LogP contribution in [0.3, 0.4) is 0 Å². The fraction of sp³-hybridized carbons (Fsp3) is 0.556. The van der Waals surface area contributed by atoms with Gasteiger partial charge < -0.3 is 4.74 Å². The smallest absolute Gasteiger partial charge is 0.316 e. The zero-order chi connectivity index (χ0) is 18.3. The molecule has 0 fully saturated rings. The molecule has 0 saturated carbocycles. The van der Waals surface area contributed by atoms with Crippen LogP contribution in [0, 0.1) is 0 Å². The predicted octanol–water partition coefficient (Wildman–Crippen LogP) is 4.00. The second-order valence-electron chi connectivity index (χ2n) is 6.75. The van der Waals surface area contributed by atoms with Gasteiger partial charge in [0.05, 0.1) is 17.7 Å². The molecule has 3 aromatic heterocycles. The summed E-state index contributed by atoms with van der Waals surface area (Å²) < 4.78 is 7.07. The minimum atomic E-state index is -0.234. The zero-order valence-electron chi connectivity index (χ0n) is 15.2. The number of aromatic nitrogens is 4. The Morgan fingerprint density at radius 3 is 2.88 bits per heavy atom. The fourth-order valence-electron chi connectivity index (χ4n) is 3.46. The quantitative estimate of drug-likeness (QED) is 0.484. The van der Waals surface area contributed by atoms with Gasteiger partial charge in [-0.1, -0.05) is 25.6 Å². The first-order valence-electron chi connectivity index (χ1n) is 9.07. The first-order chi connectivity index (χ1) is 12.6. The Morgan fingerprint density at radius 1 is 1.31 bits per heavy atom. The maximum atomic E-state index is 11.7. The van der Waals surface area contributed by atoms with Gasteiger partial charge in [-0.25, -0.2) is 4.98 Å². The lowest BCUT2D eigenvalue weighted by Gasteiger charge is -2.12. The summed E-state index contributed by atoms with van der Waals surface area (Å²) in [6.07, 6.45) is 4.69. The Hall–Kier alpha value is -1.67. The van der Waals surface area contributed by atoms with E-state index in [1.54, 1.807) is 0 Å². The molecular weight excluding hydrogens is 368 g/mol. The predicted molar refractivity (Wildman–Crippen MR) is 104 cm³/mol. The van der Waals surface area contributed by atoms with E-state index >= 15 is 0 Å². The minimum Gasteiger partial charge on any atom is -0.465 e. The van der Waals surface area contributed by atoms with Crippen molar-refractivity contribution in [2.75, 3.05) is 12.4 Å². The van der Waals surface area contributed by atoms with E-state index in [0.717, 1.165) is 34.5 Å². The summed E-state index contributed by atoms with van der Waals surface area (Å²) in [4.78, 5) is 19.2. The Balaban J connectivity index is 1.86. The monoisotopic (exact) mass is 390 g/mol. The maximum absolute atomic E-state index is 11.7. The van der Waals surface area contributed by atoms with Crippen molar-refractivity contribution in [3.63, 3.8) is 0 Å². The third-order valence-corrected chi connectivity index (χ3v) is 6.68. The standard InChI is InChI=1S/C18H22N4O2S2/c1-4-24-13(23)9-25-18-21-20-16-14-11-7-5-6-8-12(11)26-17(14)19-15(10(2)3)22(16)18/h10H,4-9H2,1-3H3. The zero-order valence-corrected chi connectivity index (χ0v) is 16.9. The maximum Gasteiger partial charge on any atom is 0.316 e. The highest BCUT2D eigenvalue weighted by molar-refractivity contribution is 7.99. The summed E-state index contributed by atoms with van der Waals surface area (Å²) in [5.74, 6) is 1.18. The van der Waals surface area contributed by atoms with E-state index in [0.29, 0.717) is 11.8 Å². The number of carbonyl (C=O) groups excluding carboxylic acids is 1. The average molecular weight is 391 g/mol. The Labute approximate surface area is 160 Å². The van der Waals surface area contributed by atoms with Crippen molar-refractivity contribution < 1.29 is 9.53 Å². The van der Waals surface area contributed by atoms with Crippen LogP contribution in [0.1, 0.15) is 55.8 Å². The topological polar surface area (TPSA) is 69.4 Å². The first kappa shape index (κ1) is 17.7. The number of aryl methyl sites for hydroxylation is 2. The number of ether oxygens (including phenoxy) is 1. The summed E-state index contributed by atoms with van der Waals surface area (Å²) in [5.41, 5.74) is 2.28. The molecule has 0 radical (unpaired) electrons. The van der Waals surface area contributed by atoms with Gasteiger partial charge in [-0.05, 0) is 38.2 Å². The summed E-state index contributed by atoms with van der Waals surface area (Å²) in [5, 5.41) is 10.7. The van der Waals surface area contributed by atoms with Crippen molar-refractivity contribution in [1.29, 1.82) is 0 Å². The molecule has 138 valence electrons. The van der Waals surface area contributed by atoms with Crippen LogP contribution in [0.25, 0.3) is 15.9 Å². The molecule has 0 aromatic carbocycles. The highest BCUT2D eigenvalue weighted by atomic mass is 32.2. The van der Waals surface area contributed by atoms with Gasteiger partial charge in [0.15, 0.2) is 10.8 Å². The molecule has 0 bridgehead atoms. The summed E-state index contributed by atoms with van der Waals surface area (Å²) >= 11 is 3.17. The van der Waals surface area contributed by atoms with Crippen LogP contribution in [-0.2, 0) is 22.4 Å². The average Bonchev–Trinajstić information content (AvgIpc) is 3.20. The van der Waals surface area contributed by atoms with Gasteiger partial charge in [0, 0.05) is 10.8 Å². The summed E-state index contributed by atoms with van der Waals surface area (Å²) in [7, 11) is 0. The third kappa shape index (κ3) is 2.99. The number of thiophene rings is 1. The van der Waals surface area contributed by atoms with Crippen molar-refractivity contribution >= 4 is 44.9 Å². The van der Waals surface area contributed by atoms with Crippen molar-refractivity contribution in [1.82, 2.24) is 19.6 Å². The lowest BCUT2D eigenvalue weighted by molar-refractivity contribution is -0.139. The normalized spacial score (nSPS) is 14.3. The highest BCUT2D eigenvalue weighted by Gasteiger charge is 2.24. The molecule has 4 rings (SSSR count). The number of esters is 1. The summed E-state index contributed by atoms with van der Waals surface area (Å²) in [6, 6.07) is 0. The van der Waals surface area contributed by atoms with Crippen molar-refractivity contribution in [2.45, 2.75) is 57.5 Å². The van der Waals surface area contributed by atoms with Gasteiger partial charge in [-0.15, -0.1) is 21.5 Å². The van der Waals surface area contributed by atoms with E-state index in [4.69, 9.17) is 9.72 Å². The summed E-state index contributed by atoms with van der Waals surface area (Å²) in [6.45, 7) is 6.45. The molecule has 0 N–H and O–H groups in total. The van der Waals surface area contributed by atoms with Crippen molar-refractivity contribution in [3.05, 3.63) is 16.3 Å². The number of nitrogens with zero attached hydrogens (tertiary/aromatic N) is 4. The fourth-order valence-corrected chi connectivity index (χ4v) is 5.46. The number of carbonyl (C=O) groups is 1. The Bertz CT molecular complexity index is 977. The van der Waals surface area contributed by atoms with Crippen LogP contribution in [0.5, 0.6) is 0 Å². The van der Waals surface area contributed by atoms with Crippen LogP contribution in [0.4, 0.5) is 0 Å². The van der Waals surface area contributed by atoms with Crippen LogP contribution in [0.15, 0.2) is 5.16 Å². The molecule has 8 heteroatoms. The molecule has 6 nitrogen and oxygen atoms in total. The molecule has 0 saturated heterocycles. The molecule has 26 heavy (non-hydrogen) atoms. The van der Waals surface area contributed by atoms with E-state index in [9.17, 15) is 4.79 Å². The number of hydrogen-bond donors (Lipinski definition) is 0. The molecule has 3 aromatic rings. The number of thioether (sulfide) groups is 1. The van der Waals surface area contributed by atoms with Crippen LogP contribution < -0.4 is 0 Å². The van der Waals surface area contributed by atoms with Gasteiger partial charge in [-0.2, -0.15) is 0 Å².